The number of carbonyl (C=O) groups is 3. The van der Waals surface area contributed by atoms with Crippen molar-refractivity contribution < 1.29 is 23.9 Å². The first kappa shape index (κ1) is 19.9. The lowest BCUT2D eigenvalue weighted by Gasteiger charge is -2.18. The van der Waals surface area contributed by atoms with Crippen molar-refractivity contribution in [2.24, 2.45) is 0 Å². The van der Waals surface area contributed by atoms with Crippen molar-refractivity contribution in [1.82, 2.24) is 16.2 Å². The van der Waals surface area contributed by atoms with Gasteiger partial charge in [-0.2, -0.15) is 0 Å². The quantitative estimate of drug-likeness (QED) is 0.476. The summed E-state index contributed by atoms with van der Waals surface area (Å²) in [5.41, 5.74) is 8.83. The van der Waals surface area contributed by atoms with Crippen LogP contribution in [0.4, 0.5) is 4.79 Å². The maximum atomic E-state index is 12.2. The average Bonchev–Trinajstić information content (AvgIpc) is 3.51. The first-order valence-electron chi connectivity index (χ1n) is 9.77. The summed E-state index contributed by atoms with van der Waals surface area (Å²) in [6.07, 6.45) is 0.428. The molecule has 0 spiro atoms. The minimum absolute atomic E-state index is 0.0404. The maximum Gasteiger partial charge on any atom is 0.421 e. The summed E-state index contributed by atoms with van der Waals surface area (Å²) in [4.78, 5) is 35.6. The number of esters is 1. The number of methoxy groups -OCH3 is 1. The molecule has 8 nitrogen and oxygen atoms in total. The lowest BCUT2D eigenvalue weighted by atomic mass is 9.98. The summed E-state index contributed by atoms with van der Waals surface area (Å²) in [7, 11) is 1.25. The van der Waals surface area contributed by atoms with Crippen molar-refractivity contribution in [3.8, 4) is 11.1 Å². The zero-order chi connectivity index (χ0) is 21.1. The van der Waals surface area contributed by atoms with Crippen LogP contribution in [0, 0.1) is 0 Å². The van der Waals surface area contributed by atoms with Crippen LogP contribution in [0.5, 0.6) is 0 Å². The summed E-state index contributed by atoms with van der Waals surface area (Å²) < 4.78 is 9.94. The number of carbonyl (C=O) groups excluding carboxylic acids is 3. The number of benzene rings is 2. The fourth-order valence-electron chi connectivity index (χ4n) is 3.73. The Labute approximate surface area is 173 Å². The Hall–Kier alpha value is -3.39. The highest BCUT2D eigenvalue weighted by molar-refractivity contribution is 5.91. The molecule has 2 aliphatic carbocycles. The SMILES string of the molecule is COC(=O)CNC(=O)C1(NNC(=O)OCC2c3ccccc3-c3ccccc32)CC1. The highest BCUT2D eigenvalue weighted by Gasteiger charge is 2.50. The lowest BCUT2D eigenvalue weighted by molar-refractivity contribution is -0.141. The number of nitrogens with one attached hydrogen (secondary N) is 3. The van der Waals surface area contributed by atoms with Gasteiger partial charge in [-0.15, -0.1) is 0 Å². The lowest BCUT2D eigenvalue weighted by Crippen LogP contribution is -2.54. The molecule has 0 saturated heterocycles. The second-order valence-electron chi connectivity index (χ2n) is 7.42. The summed E-state index contributed by atoms with van der Waals surface area (Å²) >= 11 is 0. The molecular weight excluding hydrogens is 386 g/mol. The van der Waals surface area contributed by atoms with Crippen LogP contribution in [-0.2, 0) is 19.1 Å². The third-order valence-electron chi connectivity index (χ3n) is 5.55. The molecule has 2 amide bonds. The van der Waals surface area contributed by atoms with Gasteiger partial charge in [0.15, 0.2) is 0 Å². The van der Waals surface area contributed by atoms with Crippen molar-refractivity contribution in [1.29, 1.82) is 0 Å². The molecule has 0 bridgehead atoms. The zero-order valence-electron chi connectivity index (χ0n) is 16.6. The molecule has 0 atom stereocenters. The van der Waals surface area contributed by atoms with E-state index in [1.165, 1.54) is 7.11 Å². The van der Waals surface area contributed by atoms with Gasteiger partial charge in [-0.3, -0.25) is 15.0 Å². The monoisotopic (exact) mass is 409 g/mol. The molecule has 0 aromatic heterocycles. The van der Waals surface area contributed by atoms with E-state index in [-0.39, 0.29) is 25.0 Å². The van der Waals surface area contributed by atoms with Crippen LogP contribution in [0.15, 0.2) is 48.5 Å². The molecule has 8 heteroatoms. The zero-order valence-corrected chi connectivity index (χ0v) is 16.6. The molecule has 3 N–H and O–H groups in total. The van der Waals surface area contributed by atoms with E-state index in [2.05, 4.69) is 33.0 Å². The average molecular weight is 409 g/mol. The van der Waals surface area contributed by atoms with E-state index in [9.17, 15) is 14.4 Å². The van der Waals surface area contributed by atoms with E-state index in [4.69, 9.17) is 4.74 Å². The second-order valence-corrected chi connectivity index (χ2v) is 7.42. The molecule has 4 rings (SSSR count). The molecule has 30 heavy (non-hydrogen) atoms. The second kappa shape index (κ2) is 8.16. The van der Waals surface area contributed by atoms with E-state index >= 15 is 0 Å². The van der Waals surface area contributed by atoms with Gasteiger partial charge in [0.25, 0.3) is 0 Å². The van der Waals surface area contributed by atoms with Gasteiger partial charge in [0, 0.05) is 5.92 Å². The Morgan fingerprint density at radius 2 is 1.60 bits per heavy atom. The van der Waals surface area contributed by atoms with Crippen molar-refractivity contribution in [2.45, 2.75) is 24.3 Å². The molecule has 0 aliphatic heterocycles. The van der Waals surface area contributed by atoms with Crippen molar-refractivity contribution in [3.05, 3.63) is 59.7 Å². The maximum absolute atomic E-state index is 12.2. The number of ether oxygens (including phenoxy) is 2. The van der Waals surface area contributed by atoms with E-state index in [1.54, 1.807) is 0 Å². The highest BCUT2D eigenvalue weighted by atomic mass is 16.6. The number of rotatable bonds is 7. The number of hydrogen-bond donors (Lipinski definition) is 3. The Morgan fingerprint density at radius 1 is 1.00 bits per heavy atom. The third-order valence-corrected chi connectivity index (χ3v) is 5.55. The first-order valence-corrected chi connectivity index (χ1v) is 9.77. The van der Waals surface area contributed by atoms with Gasteiger partial charge >= 0.3 is 12.1 Å². The van der Waals surface area contributed by atoms with Crippen LogP contribution in [0.25, 0.3) is 11.1 Å². The first-order chi connectivity index (χ1) is 14.5. The molecule has 2 aliphatic rings. The molecule has 2 aromatic rings. The third kappa shape index (κ3) is 3.86. The summed E-state index contributed by atoms with van der Waals surface area (Å²) in [5.74, 6) is -0.947. The van der Waals surface area contributed by atoms with Crippen molar-refractivity contribution in [3.63, 3.8) is 0 Å². The van der Waals surface area contributed by atoms with Crippen LogP contribution < -0.4 is 16.2 Å². The number of hydrazine groups is 1. The van der Waals surface area contributed by atoms with Crippen LogP contribution in [0.3, 0.4) is 0 Å². The fourth-order valence-corrected chi connectivity index (χ4v) is 3.73. The van der Waals surface area contributed by atoms with Gasteiger partial charge in [0.05, 0.1) is 7.11 Å². The van der Waals surface area contributed by atoms with E-state index in [0.717, 1.165) is 22.3 Å². The largest absolute Gasteiger partial charge is 0.468 e. The molecule has 0 heterocycles. The van der Waals surface area contributed by atoms with Crippen LogP contribution in [0.2, 0.25) is 0 Å². The summed E-state index contributed by atoms with van der Waals surface area (Å²) in [6, 6.07) is 16.2. The van der Waals surface area contributed by atoms with Crippen molar-refractivity contribution in [2.75, 3.05) is 20.3 Å². The smallest absolute Gasteiger partial charge is 0.421 e. The Kier molecular flexibility index (Phi) is 5.41. The van der Waals surface area contributed by atoms with Gasteiger partial charge in [-0.25, -0.2) is 10.2 Å². The van der Waals surface area contributed by atoms with Gasteiger partial charge < -0.3 is 14.8 Å². The van der Waals surface area contributed by atoms with Gasteiger partial charge in [0.1, 0.15) is 18.7 Å². The molecule has 1 saturated carbocycles. The minimum Gasteiger partial charge on any atom is -0.468 e. The molecule has 156 valence electrons. The predicted molar refractivity (Wildman–Crippen MR) is 108 cm³/mol. The normalized spacial score (nSPS) is 15.5. The van der Waals surface area contributed by atoms with E-state index in [1.807, 2.05) is 36.4 Å². The van der Waals surface area contributed by atoms with Crippen LogP contribution in [0.1, 0.15) is 29.9 Å². The standard InChI is InChI=1S/C22H23N3O5/c1-29-19(26)12-23-20(27)22(10-11-22)25-24-21(28)30-13-18-16-8-4-2-6-14(16)15-7-3-5-9-17(15)18/h2-9,18,25H,10-13H2,1H3,(H,23,27)(H,24,28). The topological polar surface area (TPSA) is 106 Å². The predicted octanol–water partition coefficient (Wildman–Crippen LogP) is 1.85. The van der Waals surface area contributed by atoms with E-state index < -0.39 is 17.6 Å². The van der Waals surface area contributed by atoms with Crippen molar-refractivity contribution >= 4 is 18.0 Å². The van der Waals surface area contributed by atoms with Gasteiger partial charge in [-0.05, 0) is 35.1 Å². The van der Waals surface area contributed by atoms with Crippen LogP contribution in [-0.4, -0.2) is 43.8 Å². The number of amides is 2. The number of fused-ring (bicyclic) bond motifs is 3. The van der Waals surface area contributed by atoms with E-state index in [0.29, 0.717) is 12.8 Å². The molecule has 0 unspecified atom stereocenters. The Morgan fingerprint density at radius 3 is 2.17 bits per heavy atom. The van der Waals surface area contributed by atoms with Gasteiger partial charge in [-0.1, -0.05) is 48.5 Å². The summed E-state index contributed by atoms with van der Waals surface area (Å²) in [5, 5.41) is 2.49. The molecule has 0 radical (unpaired) electrons. The fraction of sp³-hybridized carbons (Fsp3) is 0.318. The van der Waals surface area contributed by atoms with Crippen LogP contribution >= 0.6 is 0 Å². The number of hydrogen-bond acceptors (Lipinski definition) is 6. The van der Waals surface area contributed by atoms with Gasteiger partial charge in [0.2, 0.25) is 5.91 Å². The Balaban J connectivity index is 1.32. The molecular formula is C22H23N3O5. The molecule has 2 aromatic carbocycles. The minimum atomic E-state index is -0.917. The molecule has 1 fully saturated rings. The summed E-state index contributed by atoms with van der Waals surface area (Å²) in [6.45, 7) is -0.0349. The highest BCUT2D eigenvalue weighted by Crippen LogP contribution is 2.44. The Bertz CT molecular complexity index is 941.